The Kier molecular flexibility index (Phi) is 8.43. The molecule has 0 radical (unpaired) electrons. The number of methoxy groups -OCH3 is 1. The Hall–Kier alpha value is -3.85. The molecule has 3 aromatic rings. The van der Waals surface area contributed by atoms with Gasteiger partial charge in [-0.05, 0) is 48.4 Å². The van der Waals surface area contributed by atoms with E-state index in [-0.39, 0.29) is 12.3 Å². The van der Waals surface area contributed by atoms with E-state index in [4.69, 9.17) is 15.2 Å². The zero-order valence-corrected chi connectivity index (χ0v) is 19.1. The van der Waals surface area contributed by atoms with E-state index in [1.165, 1.54) is 17.8 Å². The van der Waals surface area contributed by atoms with Crippen LogP contribution in [0.25, 0.3) is 0 Å². The van der Waals surface area contributed by atoms with Gasteiger partial charge in [0.15, 0.2) is 5.17 Å². The predicted molar refractivity (Wildman–Crippen MR) is 132 cm³/mol. The minimum atomic E-state index is -0.416. The highest BCUT2D eigenvalue weighted by atomic mass is 32.2. The smallest absolute Gasteiger partial charge is 0.272 e. The maximum Gasteiger partial charge on any atom is 0.272 e. The lowest BCUT2D eigenvalue weighted by atomic mass is 10.1. The van der Waals surface area contributed by atoms with E-state index in [1.807, 2.05) is 48.5 Å². The van der Waals surface area contributed by atoms with Gasteiger partial charge in [-0.15, -0.1) is 5.10 Å². The number of nitrogens with two attached hydrogens (primary N) is 1. The van der Waals surface area contributed by atoms with Crippen LogP contribution in [0, 0.1) is 17.0 Å². The molecule has 0 fully saturated rings. The number of rotatable bonds is 9. The van der Waals surface area contributed by atoms with Crippen molar-refractivity contribution in [3.05, 3.63) is 99.1 Å². The van der Waals surface area contributed by atoms with E-state index >= 15 is 0 Å². The molecule has 0 aliphatic carbocycles. The summed E-state index contributed by atoms with van der Waals surface area (Å²) in [6, 6.07) is 20.2. The molecule has 0 unspecified atom stereocenters. The third-order valence-electron chi connectivity index (χ3n) is 4.66. The van der Waals surface area contributed by atoms with Gasteiger partial charge in [0.25, 0.3) is 5.69 Å². The highest BCUT2D eigenvalue weighted by Crippen LogP contribution is 2.26. The fourth-order valence-corrected chi connectivity index (χ4v) is 3.60. The van der Waals surface area contributed by atoms with Crippen molar-refractivity contribution in [3.63, 3.8) is 0 Å². The first-order valence-corrected chi connectivity index (χ1v) is 11.0. The molecule has 0 atom stereocenters. The Morgan fingerprint density at radius 1 is 1.15 bits per heavy atom. The third-order valence-corrected chi connectivity index (χ3v) is 5.51. The summed E-state index contributed by atoms with van der Waals surface area (Å²) in [5.41, 5.74) is 9.28. The van der Waals surface area contributed by atoms with Crippen LogP contribution in [0.2, 0.25) is 0 Å². The lowest BCUT2D eigenvalue weighted by Crippen LogP contribution is -2.06. The van der Waals surface area contributed by atoms with Crippen molar-refractivity contribution in [2.75, 3.05) is 7.11 Å². The second kappa shape index (κ2) is 11.7. The van der Waals surface area contributed by atoms with Gasteiger partial charge in [0.1, 0.15) is 18.1 Å². The zero-order chi connectivity index (χ0) is 23.6. The first-order chi connectivity index (χ1) is 16.0. The van der Waals surface area contributed by atoms with Crippen molar-refractivity contribution in [2.45, 2.75) is 19.3 Å². The van der Waals surface area contributed by atoms with Crippen LogP contribution in [0.4, 0.5) is 5.69 Å². The van der Waals surface area contributed by atoms with E-state index in [0.717, 1.165) is 22.4 Å². The topological polar surface area (TPSA) is 112 Å². The van der Waals surface area contributed by atoms with Crippen molar-refractivity contribution in [2.24, 2.45) is 15.9 Å². The summed E-state index contributed by atoms with van der Waals surface area (Å²) in [4.78, 5) is 10.6. The molecule has 3 aromatic carbocycles. The van der Waals surface area contributed by atoms with Gasteiger partial charge in [0.05, 0.1) is 18.2 Å². The molecule has 33 heavy (non-hydrogen) atoms. The van der Waals surface area contributed by atoms with Crippen molar-refractivity contribution >= 4 is 28.8 Å². The van der Waals surface area contributed by atoms with Crippen LogP contribution in [0.5, 0.6) is 11.5 Å². The third kappa shape index (κ3) is 7.08. The molecular formula is C24H24N4O4S. The summed E-state index contributed by atoms with van der Waals surface area (Å²) in [5.74, 6) is 1.91. The summed E-state index contributed by atoms with van der Waals surface area (Å²) in [6.45, 7) is 1.90. The number of amidine groups is 1. The monoisotopic (exact) mass is 464 g/mol. The number of nitro groups is 1. The lowest BCUT2D eigenvalue weighted by molar-refractivity contribution is -0.385. The molecule has 0 aliphatic rings. The number of ether oxygens (including phenoxy) is 2. The van der Waals surface area contributed by atoms with Gasteiger partial charge < -0.3 is 15.2 Å². The average Bonchev–Trinajstić information content (AvgIpc) is 2.82. The molecule has 0 saturated carbocycles. The van der Waals surface area contributed by atoms with E-state index in [0.29, 0.717) is 22.2 Å². The van der Waals surface area contributed by atoms with Crippen LogP contribution in [0.1, 0.15) is 22.3 Å². The van der Waals surface area contributed by atoms with Gasteiger partial charge in [-0.2, -0.15) is 5.10 Å². The van der Waals surface area contributed by atoms with Gasteiger partial charge in [-0.1, -0.05) is 42.1 Å². The second-order valence-electron chi connectivity index (χ2n) is 7.02. The Bertz CT molecular complexity index is 1170. The van der Waals surface area contributed by atoms with Crippen LogP contribution in [-0.4, -0.2) is 23.4 Å². The maximum absolute atomic E-state index is 11.0. The van der Waals surface area contributed by atoms with Gasteiger partial charge in [-0.3, -0.25) is 10.1 Å². The number of hydrogen-bond donors (Lipinski definition) is 1. The van der Waals surface area contributed by atoms with Crippen molar-refractivity contribution in [1.82, 2.24) is 0 Å². The quantitative estimate of drug-likeness (QED) is 0.205. The molecule has 0 aliphatic heterocycles. The summed E-state index contributed by atoms with van der Waals surface area (Å²) >= 11 is 1.42. The van der Waals surface area contributed by atoms with Crippen LogP contribution >= 0.6 is 11.8 Å². The van der Waals surface area contributed by atoms with Gasteiger partial charge >= 0.3 is 0 Å². The largest absolute Gasteiger partial charge is 0.496 e. The highest BCUT2D eigenvalue weighted by molar-refractivity contribution is 8.13. The molecule has 3 rings (SSSR count). The molecule has 2 N–H and O–H groups in total. The Morgan fingerprint density at radius 3 is 2.64 bits per heavy atom. The molecule has 0 aromatic heterocycles. The van der Waals surface area contributed by atoms with Crippen LogP contribution < -0.4 is 15.2 Å². The number of benzene rings is 3. The summed E-state index contributed by atoms with van der Waals surface area (Å²) in [6.07, 6.45) is 1.61. The molecule has 170 valence electrons. The Labute approximate surface area is 196 Å². The first-order valence-electron chi connectivity index (χ1n) is 10.0. The molecule has 0 heterocycles. The van der Waals surface area contributed by atoms with E-state index in [1.54, 1.807) is 32.4 Å². The normalized spacial score (nSPS) is 11.5. The minimum absolute atomic E-state index is 0.0555. The SMILES string of the molecule is COc1ccc(C=NN=C(N)SCc2ccccc2)cc1COc1ccc([N+](=O)[O-])c(C)c1. The summed E-state index contributed by atoms with van der Waals surface area (Å²) < 4.78 is 11.2. The average molecular weight is 465 g/mol. The second-order valence-corrected chi connectivity index (χ2v) is 8.02. The molecule has 9 heteroatoms. The van der Waals surface area contributed by atoms with Crippen LogP contribution in [-0.2, 0) is 12.4 Å². The van der Waals surface area contributed by atoms with Gasteiger partial charge in [0, 0.05) is 22.9 Å². The number of hydrogen-bond acceptors (Lipinski definition) is 7. The first kappa shape index (κ1) is 23.8. The predicted octanol–water partition coefficient (Wildman–Crippen LogP) is 5.07. The summed E-state index contributed by atoms with van der Waals surface area (Å²) in [5, 5.41) is 19.5. The van der Waals surface area contributed by atoms with Crippen molar-refractivity contribution in [3.8, 4) is 11.5 Å². The molecule has 0 saturated heterocycles. The number of nitro benzene ring substituents is 1. The number of aryl methyl sites for hydroxylation is 1. The summed E-state index contributed by atoms with van der Waals surface area (Å²) in [7, 11) is 1.58. The van der Waals surface area contributed by atoms with E-state index in [9.17, 15) is 10.1 Å². The number of nitrogens with zero attached hydrogens (tertiary/aromatic N) is 3. The molecular weight excluding hydrogens is 440 g/mol. The van der Waals surface area contributed by atoms with Gasteiger partial charge in [-0.25, -0.2) is 0 Å². The maximum atomic E-state index is 11.0. The van der Waals surface area contributed by atoms with Gasteiger partial charge in [0.2, 0.25) is 0 Å². The highest BCUT2D eigenvalue weighted by Gasteiger charge is 2.11. The van der Waals surface area contributed by atoms with Crippen molar-refractivity contribution in [1.29, 1.82) is 0 Å². The Balaban J connectivity index is 1.63. The molecule has 8 nitrogen and oxygen atoms in total. The van der Waals surface area contributed by atoms with E-state index < -0.39 is 4.92 Å². The molecule has 0 spiro atoms. The molecule has 0 bridgehead atoms. The fraction of sp³-hybridized carbons (Fsp3) is 0.167. The standard InChI is InChI=1S/C24H24N4O4S/c1-17-12-21(9-10-22(17)28(29)30)32-15-20-13-19(8-11-23(20)31-2)14-26-27-24(25)33-16-18-6-4-3-5-7-18/h3-14H,15-16H2,1-2H3,(H2,25,27). The zero-order valence-electron chi connectivity index (χ0n) is 18.3. The lowest BCUT2D eigenvalue weighted by Gasteiger charge is -2.11. The minimum Gasteiger partial charge on any atom is -0.496 e. The van der Waals surface area contributed by atoms with Crippen LogP contribution in [0.15, 0.2) is 76.9 Å². The fourth-order valence-electron chi connectivity index (χ4n) is 2.99. The van der Waals surface area contributed by atoms with E-state index in [2.05, 4.69) is 10.2 Å². The van der Waals surface area contributed by atoms with Crippen molar-refractivity contribution < 1.29 is 14.4 Å². The Morgan fingerprint density at radius 2 is 1.94 bits per heavy atom. The number of thioether (sulfide) groups is 1. The molecule has 0 amide bonds. The van der Waals surface area contributed by atoms with Crippen LogP contribution in [0.3, 0.4) is 0 Å².